The van der Waals surface area contributed by atoms with E-state index in [9.17, 15) is 9.59 Å². The van der Waals surface area contributed by atoms with Crippen LogP contribution in [0.1, 0.15) is 24.8 Å². The van der Waals surface area contributed by atoms with Gasteiger partial charge in [0.1, 0.15) is 6.54 Å². The monoisotopic (exact) mass is 237 g/mol. The van der Waals surface area contributed by atoms with Gasteiger partial charge in [-0.3, -0.25) is 9.59 Å². The van der Waals surface area contributed by atoms with Gasteiger partial charge in [0.25, 0.3) is 0 Å². The van der Waals surface area contributed by atoms with Crippen molar-refractivity contribution in [3.05, 3.63) is 24.2 Å². The first-order chi connectivity index (χ1) is 8.16. The van der Waals surface area contributed by atoms with Gasteiger partial charge in [-0.15, -0.1) is 0 Å². The molecule has 1 saturated carbocycles. The Morgan fingerprint density at radius 2 is 2.24 bits per heavy atom. The smallest absolute Gasteiger partial charge is 0.323 e. The molecule has 0 aromatic carbocycles. The third kappa shape index (κ3) is 3.34. The average molecular weight is 237 g/mol. The van der Waals surface area contributed by atoms with E-state index in [2.05, 4.69) is 0 Å². The second-order valence-corrected chi connectivity index (χ2v) is 4.28. The molecule has 0 spiro atoms. The van der Waals surface area contributed by atoms with Gasteiger partial charge in [-0.2, -0.15) is 0 Å². The van der Waals surface area contributed by atoms with Crippen molar-refractivity contribution in [3.63, 3.8) is 0 Å². The maximum absolute atomic E-state index is 11.9. The molecule has 0 radical (unpaired) electrons. The van der Waals surface area contributed by atoms with E-state index in [0.29, 0.717) is 12.8 Å². The predicted molar refractivity (Wildman–Crippen MR) is 59.4 cm³/mol. The molecule has 1 aromatic rings. The first-order valence-corrected chi connectivity index (χ1v) is 5.69. The van der Waals surface area contributed by atoms with Crippen LogP contribution in [0.3, 0.4) is 0 Å². The summed E-state index contributed by atoms with van der Waals surface area (Å²) in [4.78, 5) is 24.0. The fourth-order valence-corrected chi connectivity index (χ4v) is 1.78. The number of hydrogen-bond acceptors (Lipinski definition) is 3. The number of carboxylic acid groups (broad SMARTS) is 1. The van der Waals surface area contributed by atoms with Crippen LogP contribution in [0.5, 0.6) is 0 Å². The second kappa shape index (κ2) is 5.03. The summed E-state index contributed by atoms with van der Waals surface area (Å²) in [5, 5.41) is 8.75. The van der Waals surface area contributed by atoms with Gasteiger partial charge < -0.3 is 14.4 Å². The zero-order chi connectivity index (χ0) is 12.3. The Labute approximate surface area is 99.0 Å². The lowest BCUT2D eigenvalue weighted by Gasteiger charge is -2.19. The summed E-state index contributed by atoms with van der Waals surface area (Å²) in [7, 11) is 0. The van der Waals surface area contributed by atoms with Gasteiger partial charge in [-0.25, -0.2) is 0 Å². The first kappa shape index (κ1) is 11.7. The SMILES string of the molecule is O=C(O)CN(C(=O)CCc1ccoc1)C1CC1. The molecule has 0 atom stereocenters. The quantitative estimate of drug-likeness (QED) is 0.809. The molecule has 5 nitrogen and oxygen atoms in total. The highest BCUT2D eigenvalue weighted by Crippen LogP contribution is 2.27. The van der Waals surface area contributed by atoms with E-state index < -0.39 is 5.97 Å². The van der Waals surface area contributed by atoms with Crippen LogP contribution in [-0.4, -0.2) is 34.5 Å². The molecule has 1 fully saturated rings. The third-order valence-corrected chi connectivity index (χ3v) is 2.82. The van der Waals surface area contributed by atoms with Crippen molar-refractivity contribution in [2.24, 2.45) is 0 Å². The molecular weight excluding hydrogens is 222 g/mol. The van der Waals surface area contributed by atoms with Crippen LogP contribution >= 0.6 is 0 Å². The average Bonchev–Trinajstić information content (AvgIpc) is 2.99. The predicted octanol–water partition coefficient (Wildman–Crippen LogP) is 1.29. The molecule has 0 bridgehead atoms. The van der Waals surface area contributed by atoms with E-state index in [-0.39, 0.29) is 18.5 Å². The second-order valence-electron chi connectivity index (χ2n) is 4.28. The van der Waals surface area contributed by atoms with Crippen LogP contribution in [0.15, 0.2) is 23.0 Å². The molecule has 0 unspecified atom stereocenters. The topological polar surface area (TPSA) is 70.8 Å². The number of aryl methyl sites for hydroxylation is 1. The van der Waals surface area contributed by atoms with Crippen molar-refractivity contribution >= 4 is 11.9 Å². The molecule has 2 rings (SSSR count). The van der Waals surface area contributed by atoms with Gasteiger partial charge in [-0.05, 0) is 30.9 Å². The summed E-state index contributed by atoms with van der Waals surface area (Å²) in [5.74, 6) is -1.04. The van der Waals surface area contributed by atoms with Crippen molar-refractivity contribution in [2.75, 3.05) is 6.54 Å². The maximum Gasteiger partial charge on any atom is 0.323 e. The van der Waals surface area contributed by atoms with E-state index in [1.165, 1.54) is 4.90 Å². The van der Waals surface area contributed by atoms with Gasteiger partial charge in [0.15, 0.2) is 0 Å². The summed E-state index contributed by atoms with van der Waals surface area (Å²) >= 11 is 0. The van der Waals surface area contributed by atoms with Crippen LogP contribution in [-0.2, 0) is 16.0 Å². The molecule has 0 saturated heterocycles. The normalized spacial score (nSPS) is 14.6. The summed E-state index contributed by atoms with van der Waals surface area (Å²) in [6, 6.07) is 1.95. The summed E-state index contributed by atoms with van der Waals surface area (Å²) in [6.45, 7) is -0.186. The van der Waals surface area contributed by atoms with E-state index >= 15 is 0 Å². The van der Waals surface area contributed by atoms with Crippen LogP contribution in [0.2, 0.25) is 0 Å². The van der Waals surface area contributed by atoms with Crippen molar-refractivity contribution in [1.82, 2.24) is 4.90 Å². The Balaban J connectivity index is 1.85. The minimum absolute atomic E-state index is 0.0869. The number of furan rings is 1. The minimum Gasteiger partial charge on any atom is -0.480 e. The Morgan fingerprint density at radius 1 is 1.47 bits per heavy atom. The molecule has 1 aromatic heterocycles. The molecule has 1 heterocycles. The fraction of sp³-hybridized carbons (Fsp3) is 0.500. The van der Waals surface area contributed by atoms with Crippen molar-refractivity contribution < 1.29 is 19.1 Å². The molecule has 1 aliphatic carbocycles. The Bertz CT molecular complexity index is 395. The molecule has 1 aliphatic rings. The fourth-order valence-electron chi connectivity index (χ4n) is 1.78. The number of aliphatic carboxylic acids is 1. The lowest BCUT2D eigenvalue weighted by atomic mass is 10.2. The number of amides is 1. The Morgan fingerprint density at radius 3 is 2.76 bits per heavy atom. The lowest BCUT2D eigenvalue weighted by Crippen LogP contribution is -2.37. The van der Waals surface area contributed by atoms with Gasteiger partial charge in [0.2, 0.25) is 5.91 Å². The van der Waals surface area contributed by atoms with Crippen LogP contribution < -0.4 is 0 Å². The summed E-state index contributed by atoms with van der Waals surface area (Å²) in [5.41, 5.74) is 0.962. The largest absolute Gasteiger partial charge is 0.480 e. The lowest BCUT2D eigenvalue weighted by molar-refractivity contribution is -0.144. The number of carbonyl (C=O) groups excluding carboxylic acids is 1. The highest BCUT2D eigenvalue weighted by atomic mass is 16.4. The molecule has 5 heteroatoms. The summed E-state index contributed by atoms with van der Waals surface area (Å²) in [6.07, 6.45) is 5.94. The summed E-state index contributed by atoms with van der Waals surface area (Å²) < 4.78 is 4.91. The molecule has 1 N–H and O–H groups in total. The van der Waals surface area contributed by atoms with Crippen molar-refractivity contribution in [1.29, 1.82) is 0 Å². The minimum atomic E-state index is -0.950. The van der Waals surface area contributed by atoms with Gasteiger partial charge >= 0.3 is 5.97 Å². The number of carboxylic acids is 1. The number of hydrogen-bond donors (Lipinski definition) is 1. The van der Waals surface area contributed by atoms with Crippen molar-refractivity contribution in [2.45, 2.75) is 31.7 Å². The highest BCUT2D eigenvalue weighted by molar-refractivity contribution is 5.82. The zero-order valence-corrected chi connectivity index (χ0v) is 9.46. The molecule has 92 valence electrons. The zero-order valence-electron chi connectivity index (χ0n) is 9.46. The Hall–Kier alpha value is -1.78. The van der Waals surface area contributed by atoms with E-state index in [0.717, 1.165) is 18.4 Å². The third-order valence-electron chi connectivity index (χ3n) is 2.82. The molecule has 1 amide bonds. The van der Waals surface area contributed by atoms with Crippen LogP contribution in [0, 0.1) is 0 Å². The number of nitrogens with zero attached hydrogens (tertiary/aromatic N) is 1. The maximum atomic E-state index is 11.9. The Kier molecular flexibility index (Phi) is 3.46. The van der Waals surface area contributed by atoms with Gasteiger partial charge in [-0.1, -0.05) is 0 Å². The van der Waals surface area contributed by atoms with E-state index in [4.69, 9.17) is 9.52 Å². The van der Waals surface area contributed by atoms with Crippen molar-refractivity contribution in [3.8, 4) is 0 Å². The first-order valence-electron chi connectivity index (χ1n) is 5.69. The van der Waals surface area contributed by atoms with Gasteiger partial charge in [0, 0.05) is 12.5 Å². The van der Waals surface area contributed by atoms with Crippen LogP contribution in [0.25, 0.3) is 0 Å². The van der Waals surface area contributed by atoms with Gasteiger partial charge in [0.05, 0.1) is 12.5 Å². The van der Waals surface area contributed by atoms with Crippen LogP contribution in [0.4, 0.5) is 0 Å². The standard InChI is InChI=1S/C12H15NO4/c14-11(4-1-9-5-6-17-8-9)13(7-12(15)16)10-2-3-10/h5-6,8,10H,1-4,7H2,(H,15,16). The van der Waals surface area contributed by atoms with E-state index in [1.54, 1.807) is 12.5 Å². The number of carbonyl (C=O) groups is 2. The molecule has 0 aliphatic heterocycles. The molecular formula is C12H15NO4. The highest BCUT2D eigenvalue weighted by Gasteiger charge is 2.33. The van der Waals surface area contributed by atoms with E-state index in [1.807, 2.05) is 6.07 Å². The molecule has 17 heavy (non-hydrogen) atoms. The number of rotatable bonds is 6.